The summed E-state index contributed by atoms with van der Waals surface area (Å²) in [5, 5.41) is 3.16. The van der Waals surface area contributed by atoms with Crippen LogP contribution in [0.15, 0.2) is 24.3 Å². The summed E-state index contributed by atoms with van der Waals surface area (Å²) in [6.07, 6.45) is 3.85. The van der Waals surface area contributed by atoms with Crippen molar-refractivity contribution in [3.05, 3.63) is 35.4 Å². The molecule has 2 fully saturated rings. The Bertz CT molecular complexity index is 795. The third-order valence-electron chi connectivity index (χ3n) is 6.32. The van der Waals surface area contributed by atoms with E-state index in [1.165, 1.54) is 15.4 Å². The van der Waals surface area contributed by atoms with Gasteiger partial charge in [0.05, 0.1) is 0 Å². The van der Waals surface area contributed by atoms with Crippen molar-refractivity contribution in [3.63, 3.8) is 0 Å². The first kappa shape index (κ1) is 19.8. The van der Waals surface area contributed by atoms with Crippen LogP contribution in [-0.2, 0) is 27.8 Å². The lowest BCUT2D eigenvalue weighted by molar-refractivity contribution is -0.125. The zero-order chi connectivity index (χ0) is 19.7. The highest BCUT2D eigenvalue weighted by Crippen LogP contribution is 2.28. The van der Waals surface area contributed by atoms with E-state index in [1.54, 1.807) is 0 Å². The smallest absolute Gasteiger partial charge is 0.279 e. The minimum Gasteiger partial charge on any atom is -0.353 e. The molecule has 0 spiro atoms. The van der Waals surface area contributed by atoms with Gasteiger partial charge in [0.15, 0.2) is 0 Å². The summed E-state index contributed by atoms with van der Waals surface area (Å²) in [6, 6.07) is 8.19. The molecule has 0 bridgehead atoms. The summed E-state index contributed by atoms with van der Waals surface area (Å²) in [5.74, 6) is 0.0993. The van der Waals surface area contributed by atoms with E-state index in [0.29, 0.717) is 19.5 Å². The highest BCUT2D eigenvalue weighted by molar-refractivity contribution is 7.87. The number of hydrogen-bond acceptors (Lipinski definition) is 4. The van der Waals surface area contributed by atoms with Crippen LogP contribution in [0.1, 0.15) is 30.4 Å². The van der Waals surface area contributed by atoms with E-state index in [0.717, 1.165) is 38.8 Å². The van der Waals surface area contributed by atoms with Gasteiger partial charge in [-0.05, 0) is 50.3 Å². The van der Waals surface area contributed by atoms with E-state index in [-0.39, 0.29) is 23.9 Å². The topological polar surface area (TPSA) is 81.8 Å². The molecule has 7 nitrogen and oxygen atoms in total. The molecule has 3 aliphatic rings. The maximum atomic E-state index is 12.7. The Morgan fingerprint density at radius 2 is 1.61 bits per heavy atom. The fourth-order valence-electron chi connectivity index (χ4n) is 4.60. The second-order valence-electron chi connectivity index (χ2n) is 8.41. The van der Waals surface area contributed by atoms with Crippen LogP contribution in [0.2, 0.25) is 0 Å². The van der Waals surface area contributed by atoms with Crippen molar-refractivity contribution in [2.45, 2.75) is 44.2 Å². The van der Waals surface area contributed by atoms with Crippen LogP contribution < -0.4 is 10.0 Å². The van der Waals surface area contributed by atoms with Crippen LogP contribution in [0, 0.1) is 5.92 Å². The molecule has 8 heteroatoms. The molecule has 1 aliphatic heterocycles. The molecule has 4 rings (SSSR count). The highest BCUT2D eigenvalue weighted by atomic mass is 32.2. The molecular formula is C20H30N4O3S. The Morgan fingerprint density at radius 3 is 2.25 bits per heavy atom. The normalized spacial score (nSPS) is 27.0. The summed E-state index contributed by atoms with van der Waals surface area (Å²) < 4.78 is 29.6. The molecule has 0 unspecified atom stereocenters. The van der Waals surface area contributed by atoms with Crippen molar-refractivity contribution in [1.29, 1.82) is 0 Å². The summed E-state index contributed by atoms with van der Waals surface area (Å²) in [5.41, 5.74) is 2.54. The Balaban J connectivity index is 1.26. The number of benzene rings is 1. The minimum atomic E-state index is -3.45. The van der Waals surface area contributed by atoms with Gasteiger partial charge in [0.2, 0.25) is 5.91 Å². The van der Waals surface area contributed by atoms with E-state index in [2.05, 4.69) is 27.1 Å². The number of carbonyl (C=O) groups excluding carboxylic acids is 1. The molecule has 1 saturated carbocycles. The second kappa shape index (κ2) is 8.10. The zero-order valence-corrected chi connectivity index (χ0v) is 17.2. The van der Waals surface area contributed by atoms with Crippen LogP contribution >= 0.6 is 0 Å². The lowest BCUT2D eigenvalue weighted by Crippen LogP contribution is -2.52. The predicted molar refractivity (Wildman–Crippen MR) is 108 cm³/mol. The largest absolute Gasteiger partial charge is 0.353 e. The van der Waals surface area contributed by atoms with Gasteiger partial charge in [-0.15, -0.1) is 0 Å². The van der Waals surface area contributed by atoms with E-state index >= 15 is 0 Å². The molecule has 28 heavy (non-hydrogen) atoms. The highest BCUT2D eigenvalue weighted by Gasteiger charge is 2.34. The van der Waals surface area contributed by atoms with Gasteiger partial charge in [0.25, 0.3) is 10.2 Å². The van der Waals surface area contributed by atoms with Gasteiger partial charge in [-0.25, -0.2) is 0 Å². The van der Waals surface area contributed by atoms with Crippen molar-refractivity contribution < 1.29 is 13.2 Å². The number of carbonyl (C=O) groups is 1. The molecule has 2 N–H and O–H groups in total. The summed E-state index contributed by atoms with van der Waals surface area (Å²) in [4.78, 5) is 14.8. The fraction of sp³-hybridized carbons (Fsp3) is 0.650. The van der Waals surface area contributed by atoms with E-state index < -0.39 is 10.2 Å². The molecule has 1 heterocycles. The van der Waals surface area contributed by atoms with E-state index in [1.807, 2.05) is 19.2 Å². The Morgan fingerprint density at radius 1 is 1.00 bits per heavy atom. The number of hydrogen-bond donors (Lipinski definition) is 2. The molecule has 0 radical (unpaired) electrons. The fourth-order valence-corrected chi connectivity index (χ4v) is 6.02. The maximum absolute atomic E-state index is 12.7. The monoisotopic (exact) mass is 406 g/mol. The van der Waals surface area contributed by atoms with Crippen LogP contribution in [0.5, 0.6) is 0 Å². The lowest BCUT2D eigenvalue weighted by Gasteiger charge is -2.32. The molecule has 1 aromatic carbocycles. The quantitative estimate of drug-likeness (QED) is 0.747. The lowest BCUT2D eigenvalue weighted by atomic mass is 10.0. The molecular weight excluding hydrogens is 376 g/mol. The third-order valence-corrected chi connectivity index (χ3v) is 7.99. The first-order valence-corrected chi connectivity index (χ1v) is 11.7. The number of likely N-dealkylation sites (N-methyl/N-ethyl adjacent to an activating group) is 1. The van der Waals surface area contributed by atoms with E-state index in [9.17, 15) is 13.2 Å². The van der Waals surface area contributed by atoms with Gasteiger partial charge in [0.1, 0.15) is 0 Å². The summed E-state index contributed by atoms with van der Waals surface area (Å²) in [6.45, 7) is 2.57. The third kappa shape index (κ3) is 4.40. The SMILES string of the molecule is CN1CCN(S(=O)(=O)N[C@@H]2CC[C@H](NC(=O)C3Cc4ccccc4C3)C2)CC1. The molecule has 2 aliphatic carbocycles. The summed E-state index contributed by atoms with van der Waals surface area (Å²) >= 11 is 0. The number of amides is 1. The van der Waals surface area contributed by atoms with Crippen LogP contribution in [0.4, 0.5) is 0 Å². The number of rotatable bonds is 5. The number of piperazine rings is 1. The van der Waals surface area contributed by atoms with Crippen LogP contribution in [0.3, 0.4) is 0 Å². The Kier molecular flexibility index (Phi) is 5.73. The average molecular weight is 407 g/mol. The predicted octanol–water partition coefficient (Wildman–Crippen LogP) is 0.521. The van der Waals surface area contributed by atoms with Gasteiger partial charge in [-0.3, -0.25) is 4.79 Å². The van der Waals surface area contributed by atoms with Crippen molar-refractivity contribution in [3.8, 4) is 0 Å². The van der Waals surface area contributed by atoms with Crippen molar-refractivity contribution in [2.75, 3.05) is 33.2 Å². The second-order valence-corrected chi connectivity index (χ2v) is 10.1. The number of nitrogens with zero attached hydrogens (tertiary/aromatic N) is 2. The first-order chi connectivity index (χ1) is 13.4. The van der Waals surface area contributed by atoms with Gasteiger partial charge < -0.3 is 10.2 Å². The zero-order valence-electron chi connectivity index (χ0n) is 16.4. The van der Waals surface area contributed by atoms with Crippen LogP contribution in [-0.4, -0.2) is 68.8 Å². The van der Waals surface area contributed by atoms with Crippen molar-refractivity contribution in [2.24, 2.45) is 5.92 Å². The average Bonchev–Trinajstić information content (AvgIpc) is 3.28. The molecule has 2 atom stereocenters. The molecule has 154 valence electrons. The van der Waals surface area contributed by atoms with Gasteiger partial charge in [0, 0.05) is 44.2 Å². The minimum absolute atomic E-state index is 0.00141. The van der Waals surface area contributed by atoms with Crippen molar-refractivity contribution >= 4 is 16.1 Å². The number of fused-ring (bicyclic) bond motifs is 1. The first-order valence-electron chi connectivity index (χ1n) is 10.2. The van der Waals surface area contributed by atoms with Crippen molar-refractivity contribution in [1.82, 2.24) is 19.2 Å². The maximum Gasteiger partial charge on any atom is 0.279 e. The van der Waals surface area contributed by atoms with Gasteiger partial charge >= 0.3 is 0 Å². The molecule has 1 amide bonds. The molecule has 1 saturated heterocycles. The standard InChI is InChI=1S/C20H30N4O3S/c1-23-8-10-24(11-9-23)28(26,27)22-19-7-6-18(14-19)21-20(25)17-12-15-4-2-3-5-16(15)13-17/h2-5,17-19,22H,6-14H2,1H3,(H,21,25)/t18-,19+/m0/s1. The molecule has 1 aromatic rings. The Hall–Kier alpha value is -1.48. The number of nitrogens with one attached hydrogen (secondary N) is 2. The van der Waals surface area contributed by atoms with E-state index in [4.69, 9.17) is 0 Å². The summed E-state index contributed by atoms with van der Waals surface area (Å²) in [7, 11) is -1.45. The Labute approximate surface area is 167 Å². The molecule has 0 aromatic heterocycles. The van der Waals surface area contributed by atoms with Gasteiger partial charge in [-0.1, -0.05) is 24.3 Å². The van der Waals surface area contributed by atoms with Gasteiger partial charge in [-0.2, -0.15) is 17.4 Å². The van der Waals surface area contributed by atoms with Crippen LogP contribution in [0.25, 0.3) is 0 Å².